The van der Waals surface area contributed by atoms with E-state index >= 15 is 0 Å². The second-order valence-corrected chi connectivity index (χ2v) is 6.14. The van der Waals surface area contributed by atoms with Crippen LogP contribution >= 0.6 is 0 Å². The van der Waals surface area contributed by atoms with Crippen molar-refractivity contribution in [3.8, 4) is 5.75 Å². The number of carbonyl (C=O) groups is 3. The van der Waals surface area contributed by atoms with E-state index in [1.54, 1.807) is 49.6 Å². The topological polar surface area (TPSA) is 72.9 Å². The van der Waals surface area contributed by atoms with Gasteiger partial charge in [0.1, 0.15) is 5.75 Å². The zero-order chi connectivity index (χ0) is 17.6. The molecule has 2 amide bonds. The molecule has 1 heterocycles. The van der Waals surface area contributed by atoms with E-state index in [-0.39, 0.29) is 11.1 Å². The first kappa shape index (κ1) is 15.4. The maximum Gasteiger partial charge on any atom is 0.343 e. The minimum absolute atomic E-state index is 0.242. The third-order valence-electron chi connectivity index (χ3n) is 4.69. The molecule has 4 rings (SSSR count). The summed E-state index contributed by atoms with van der Waals surface area (Å²) < 4.78 is 5.20. The molecule has 2 aromatic rings. The average molecular weight is 337 g/mol. The minimum Gasteiger partial charge on any atom is -0.497 e. The molecule has 0 radical (unpaired) electrons. The van der Waals surface area contributed by atoms with Gasteiger partial charge < -0.3 is 9.57 Å². The normalized spacial score (nSPS) is 17.2. The van der Waals surface area contributed by atoms with Crippen molar-refractivity contribution in [2.75, 3.05) is 7.11 Å². The van der Waals surface area contributed by atoms with E-state index in [2.05, 4.69) is 0 Å². The highest BCUT2D eigenvalue weighted by Gasteiger charge is 2.55. The Bertz CT molecular complexity index is 865. The lowest BCUT2D eigenvalue weighted by molar-refractivity contribution is -0.171. The molecular weight excluding hydrogens is 322 g/mol. The highest BCUT2D eigenvalue weighted by molar-refractivity contribution is 6.21. The maximum absolute atomic E-state index is 12.7. The summed E-state index contributed by atoms with van der Waals surface area (Å²) in [4.78, 5) is 42.6. The number of methoxy groups -OCH3 is 1. The Morgan fingerprint density at radius 2 is 1.64 bits per heavy atom. The lowest BCUT2D eigenvalue weighted by Crippen LogP contribution is -2.37. The van der Waals surface area contributed by atoms with Gasteiger partial charge in [0.05, 0.1) is 23.7 Å². The minimum atomic E-state index is -0.829. The van der Waals surface area contributed by atoms with E-state index < -0.39 is 23.2 Å². The van der Waals surface area contributed by atoms with Crippen LogP contribution in [0.25, 0.3) is 0 Å². The third kappa shape index (κ3) is 2.29. The SMILES string of the molecule is COc1cccc(C2(C(=O)ON3C(=O)c4ccccc4C3=O)CC2)c1. The van der Waals surface area contributed by atoms with Gasteiger partial charge in [-0.25, -0.2) is 4.79 Å². The number of rotatable bonds is 4. The lowest BCUT2D eigenvalue weighted by Gasteiger charge is -2.19. The number of hydrogen-bond acceptors (Lipinski definition) is 5. The van der Waals surface area contributed by atoms with E-state index in [1.807, 2.05) is 6.07 Å². The molecule has 0 bridgehead atoms. The number of benzene rings is 2. The van der Waals surface area contributed by atoms with Crippen molar-refractivity contribution in [3.63, 3.8) is 0 Å². The number of imide groups is 1. The number of nitrogens with zero attached hydrogens (tertiary/aromatic N) is 1. The van der Waals surface area contributed by atoms with Gasteiger partial charge in [-0.1, -0.05) is 29.3 Å². The smallest absolute Gasteiger partial charge is 0.343 e. The van der Waals surface area contributed by atoms with Gasteiger partial charge in [-0.3, -0.25) is 9.59 Å². The van der Waals surface area contributed by atoms with Gasteiger partial charge in [-0.05, 0) is 42.7 Å². The van der Waals surface area contributed by atoms with Crippen LogP contribution in [0.1, 0.15) is 39.1 Å². The fourth-order valence-electron chi connectivity index (χ4n) is 3.08. The van der Waals surface area contributed by atoms with Gasteiger partial charge in [0.2, 0.25) is 0 Å². The molecule has 6 nitrogen and oxygen atoms in total. The molecule has 0 atom stereocenters. The Balaban J connectivity index is 1.59. The zero-order valence-corrected chi connectivity index (χ0v) is 13.5. The Morgan fingerprint density at radius 1 is 1.00 bits per heavy atom. The van der Waals surface area contributed by atoms with Gasteiger partial charge in [0, 0.05) is 0 Å². The van der Waals surface area contributed by atoms with Crippen molar-refractivity contribution < 1.29 is 24.0 Å². The standard InChI is InChI=1S/C19H15NO5/c1-24-13-6-4-5-12(11-13)19(9-10-19)18(23)25-20-16(21)14-7-2-3-8-15(14)17(20)22/h2-8,11H,9-10H2,1H3. The van der Waals surface area contributed by atoms with Crippen molar-refractivity contribution in [3.05, 3.63) is 65.2 Å². The predicted molar refractivity (Wildman–Crippen MR) is 86.9 cm³/mol. The first-order valence-corrected chi connectivity index (χ1v) is 7.91. The quantitative estimate of drug-likeness (QED) is 0.802. The van der Waals surface area contributed by atoms with Crippen molar-refractivity contribution in [1.29, 1.82) is 0 Å². The highest BCUT2D eigenvalue weighted by Crippen LogP contribution is 2.50. The summed E-state index contributed by atoms with van der Waals surface area (Å²) in [5.74, 6) is -1.20. The monoisotopic (exact) mass is 337 g/mol. The summed E-state index contributed by atoms with van der Waals surface area (Å²) in [6.45, 7) is 0. The van der Waals surface area contributed by atoms with Crippen LogP contribution < -0.4 is 4.74 Å². The molecule has 1 aliphatic heterocycles. The molecule has 1 aliphatic carbocycles. The van der Waals surface area contributed by atoms with Crippen LogP contribution in [-0.4, -0.2) is 30.0 Å². The number of amides is 2. The molecule has 0 N–H and O–H groups in total. The van der Waals surface area contributed by atoms with Gasteiger partial charge >= 0.3 is 5.97 Å². The summed E-state index contributed by atoms with van der Waals surface area (Å²) >= 11 is 0. The zero-order valence-electron chi connectivity index (χ0n) is 13.5. The molecule has 0 saturated heterocycles. The molecule has 2 aromatic carbocycles. The first-order valence-electron chi connectivity index (χ1n) is 7.91. The second kappa shape index (κ2) is 5.44. The molecule has 25 heavy (non-hydrogen) atoms. The van der Waals surface area contributed by atoms with Crippen molar-refractivity contribution in [2.24, 2.45) is 0 Å². The fourth-order valence-corrected chi connectivity index (χ4v) is 3.08. The molecule has 126 valence electrons. The predicted octanol–water partition coefficient (Wildman–Crippen LogP) is 2.48. The summed E-state index contributed by atoms with van der Waals surface area (Å²) in [5.41, 5.74) is 0.413. The van der Waals surface area contributed by atoms with Crippen LogP contribution in [-0.2, 0) is 15.0 Å². The number of fused-ring (bicyclic) bond motifs is 1. The van der Waals surface area contributed by atoms with Crippen molar-refractivity contribution in [1.82, 2.24) is 5.06 Å². The Hall–Kier alpha value is -3.15. The van der Waals surface area contributed by atoms with Crippen LogP contribution in [0.3, 0.4) is 0 Å². The Labute approximate surface area is 143 Å². The van der Waals surface area contributed by atoms with E-state index in [1.165, 1.54) is 0 Å². The molecule has 0 aromatic heterocycles. The third-order valence-corrected chi connectivity index (χ3v) is 4.69. The van der Waals surface area contributed by atoms with E-state index in [9.17, 15) is 14.4 Å². The average Bonchev–Trinajstić information content (AvgIpc) is 3.43. The van der Waals surface area contributed by atoms with E-state index in [4.69, 9.17) is 9.57 Å². The number of hydroxylamine groups is 2. The molecular formula is C19H15NO5. The summed E-state index contributed by atoms with van der Waals surface area (Å²) in [5, 5.41) is 0.563. The molecule has 2 aliphatic rings. The van der Waals surface area contributed by atoms with Crippen molar-refractivity contribution >= 4 is 17.8 Å². The van der Waals surface area contributed by atoms with Crippen LogP contribution in [0.4, 0.5) is 0 Å². The molecule has 1 fully saturated rings. The molecule has 0 unspecified atom stereocenters. The van der Waals surface area contributed by atoms with Crippen LogP contribution in [0.15, 0.2) is 48.5 Å². The number of carbonyl (C=O) groups excluding carboxylic acids is 3. The lowest BCUT2D eigenvalue weighted by atomic mass is 9.96. The molecule has 6 heteroatoms. The molecule has 1 saturated carbocycles. The largest absolute Gasteiger partial charge is 0.497 e. The van der Waals surface area contributed by atoms with E-state index in [0.717, 1.165) is 5.56 Å². The first-order chi connectivity index (χ1) is 12.1. The van der Waals surface area contributed by atoms with Gasteiger partial charge in [-0.2, -0.15) is 0 Å². The second-order valence-electron chi connectivity index (χ2n) is 6.14. The van der Waals surface area contributed by atoms with Gasteiger partial charge in [0.15, 0.2) is 0 Å². The van der Waals surface area contributed by atoms with Crippen LogP contribution in [0.5, 0.6) is 5.75 Å². The van der Waals surface area contributed by atoms with Gasteiger partial charge in [0.25, 0.3) is 11.8 Å². The molecule has 0 spiro atoms. The Morgan fingerprint density at radius 3 is 2.20 bits per heavy atom. The summed E-state index contributed by atoms with van der Waals surface area (Å²) in [6, 6.07) is 13.6. The van der Waals surface area contributed by atoms with Crippen LogP contribution in [0, 0.1) is 0 Å². The summed E-state index contributed by atoms with van der Waals surface area (Å²) in [6.07, 6.45) is 1.20. The Kier molecular flexibility index (Phi) is 3.35. The number of ether oxygens (including phenoxy) is 1. The van der Waals surface area contributed by atoms with Crippen LogP contribution in [0.2, 0.25) is 0 Å². The fraction of sp³-hybridized carbons (Fsp3) is 0.211. The van der Waals surface area contributed by atoms with Crippen molar-refractivity contribution in [2.45, 2.75) is 18.3 Å². The number of hydrogen-bond donors (Lipinski definition) is 0. The van der Waals surface area contributed by atoms with Gasteiger partial charge in [-0.15, -0.1) is 0 Å². The highest BCUT2D eigenvalue weighted by atomic mass is 16.7. The maximum atomic E-state index is 12.7. The van der Waals surface area contributed by atoms with E-state index in [0.29, 0.717) is 23.7 Å². The summed E-state index contributed by atoms with van der Waals surface area (Å²) in [7, 11) is 1.55.